The number of likely N-dealkylation sites (N-methyl/N-ethyl adjacent to an activating group) is 1. The first-order chi connectivity index (χ1) is 14.9. The quantitative estimate of drug-likeness (QED) is 0.524. The smallest absolute Gasteiger partial charge is 0.307 e. The Labute approximate surface area is 186 Å². The average molecular weight is 443 g/mol. The van der Waals surface area contributed by atoms with Gasteiger partial charge < -0.3 is 19.7 Å². The van der Waals surface area contributed by atoms with Crippen molar-refractivity contribution in [1.82, 2.24) is 5.32 Å². The molecule has 0 saturated carbocycles. The van der Waals surface area contributed by atoms with Gasteiger partial charge in [-0.2, -0.15) is 0 Å². The normalized spacial score (nSPS) is 14.9. The molecule has 0 saturated heterocycles. The third kappa shape index (κ3) is 5.79. The SMILES string of the molecule is CNC(=O)C1CN(C(=O)COC(=O)CCSc2ccc(C)c(C)c2)c2ccccc2O1. The first-order valence-electron chi connectivity index (χ1n) is 10.0. The second kappa shape index (κ2) is 10.3. The second-order valence-corrected chi connectivity index (χ2v) is 8.37. The van der Waals surface area contributed by atoms with Gasteiger partial charge in [-0.1, -0.05) is 18.2 Å². The van der Waals surface area contributed by atoms with Gasteiger partial charge in [-0.3, -0.25) is 14.4 Å². The molecule has 0 spiro atoms. The molecule has 1 N–H and O–H groups in total. The Morgan fingerprint density at radius 3 is 2.68 bits per heavy atom. The van der Waals surface area contributed by atoms with Crippen molar-refractivity contribution in [2.24, 2.45) is 0 Å². The molecule has 1 heterocycles. The van der Waals surface area contributed by atoms with Gasteiger partial charge >= 0.3 is 5.97 Å². The van der Waals surface area contributed by atoms with Crippen LogP contribution in [0.5, 0.6) is 5.75 Å². The van der Waals surface area contributed by atoms with Crippen molar-refractivity contribution in [3.05, 3.63) is 53.6 Å². The number of nitrogens with zero attached hydrogens (tertiary/aromatic N) is 1. The summed E-state index contributed by atoms with van der Waals surface area (Å²) in [7, 11) is 1.51. The summed E-state index contributed by atoms with van der Waals surface area (Å²) in [6.45, 7) is 3.78. The van der Waals surface area contributed by atoms with Gasteiger partial charge in [0, 0.05) is 17.7 Å². The topological polar surface area (TPSA) is 84.9 Å². The maximum Gasteiger partial charge on any atom is 0.307 e. The van der Waals surface area contributed by atoms with Crippen LogP contribution >= 0.6 is 11.8 Å². The Hall–Kier alpha value is -3.00. The molecule has 1 unspecified atom stereocenters. The number of thioether (sulfide) groups is 1. The van der Waals surface area contributed by atoms with Gasteiger partial charge in [-0.25, -0.2) is 0 Å². The molecule has 7 nitrogen and oxygen atoms in total. The number of hydrogen-bond acceptors (Lipinski definition) is 6. The summed E-state index contributed by atoms with van der Waals surface area (Å²) in [6, 6.07) is 13.1. The van der Waals surface area contributed by atoms with Gasteiger partial charge in [-0.05, 0) is 49.2 Å². The molecule has 164 valence electrons. The van der Waals surface area contributed by atoms with Gasteiger partial charge in [0.25, 0.3) is 11.8 Å². The zero-order chi connectivity index (χ0) is 22.4. The highest BCUT2D eigenvalue weighted by atomic mass is 32.2. The number of amides is 2. The van der Waals surface area contributed by atoms with Crippen LogP contribution < -0.4 is 15.0 Å². The Morgan fingerprint density at radius 2 is 1.94 bits per heavy atom. The minimum atomic E-state index is -0.825. The standard InChI is InChI=1S/C23H26N2O5S/c1-15-8-9-17(12-16(15)2)31-11-10-22(27)29-14-21(26)25-13-20(23(28)24-3)30-19-7-5-4-6-18(19)25/h4-9,12,20H,10-11,13-14H2,1-3H3,(H,24,28). The fourth-order valence-corrected chi connectivity index (χ4v) is 4.05. The van der Waals surface area contributed by atoms with Gasteiger partial charge in [0.1, 0.15) is 5.75 Å². The number of anilines is 1. The highest BCUT2D eigenvalue weighted by Crippen LogP contribution is 2.33. The van der Waals surface area contributed by atoms with Crippen LogP contribution in [0.1, 0.15) is 17.5 Å². The number of esters is 1. The Bertz CT molecular complexity index is 978. The van der Waals surface area contributed by atoms with E-state index in [1.165, 1.54) is 23.1 Å². The predicted molar refractivity (Wildman–Crippen MR) is 119 cm³/mol. The maximum absolute atomic E-state index is 12.7. The highest BCUT2D eigenvalue weighted by Gasteiger charge is 2.33. The van der Waals surface area contributed by atoms with Crippen molar-refractivity contribution in [3.8, 4) is 5.75 Å². The van der Waals surface area contributed by atoms with E-state index in [0.717, 1.165) is 4.90 Å². The molecule has 0 aliphatic carbocycles. The Morgan fingerprint density at radius 1 is 1.16 bits per heavy atom. The summed E-state index contributed by atoms with van der Waals surface area (Å²) in [5, 5.41) is 2.53. The fourth-order valence-electron chi connectivity index (χ4n) is 3.12. The van der Waals surface area contributed by atoms with E-state index in [2.05, 4.69) is 31.3 Å². The molecule has 8 heteroatoms. The fraction of sp³-hybridized carbons (Fsp3) is 0.348. The number of benzene rings is 2. The van der Waals surface area contributed by atoms with Crippen molar-refractivity contribution in [1.29, 1.82) is 0 Å². The summed E-state index contributed by atoms with van der Waals surface area (Å²) in [6.07, 6.45) is -0.625. The van der Waals surface area contributed by atoms with Gasteiger partial charge in [0.15, 0.2) is 12.7 Å². The first kappa shape index (κ1) is 22.7. The number of rotatable bonds is 7. The van der Waals surface area contributed by atoms with Crippen LogP contribution in [0.2, 0.25) is 0 Å². The minimum absolute atomic E-state index is 0.0513. The van der Waals surface area contributed by atoms with Gasteiger partial charge in [0.05, 0.1) is 18.7 Å². The summed E-state index contributed by atoms with van der Waals surface area (Å²) in [4.78, 5) is 39.4. The van der Waals surface area contributed by atoms with Crippen LogP contribution in [0, 0.1) is 13.8 Å². The van der Waals surface area contributed by atoms with E-state index in [1.807, 2.05) is 6.07 Å². The van der Waals surface area contributed by atoms with Crippen LogP contribution in [0.15, 0.2) is 47.4 Å². The molecule has 2 aromatic rings. The summed E-state index contributed by atoms with van der Waals surface area (Å²) in [5.74, 6) is -0.164. The zero-order valence-electron chi connectivity index (χ0n) is 17.8. The van der Waals surface area contributed by atoms with E-state index >= 15 is 0 Å². The number of hydrogen-bond donors (Lipinski definition) is 1. The largest absolute Gasteiger partial charge is 0.477 e. The van der Waals surface area contributed by atoms with E-state index in [-0.39, 0.29) is 25.5 Å². The lowest BCUT2D eigenvalue weighted by atomic mass is 10.1. The summed E-state index contributed by atoms with van der Waals surface area (Å²) < 4.78 is 10.9. The predicted octanol–water partition coefficient (Wildman–Crippen LogP) is 2.87. The van der Waals surface area contributed by atoms with E-state index in [1.54, 1.807) is 36.0 Å². The van der Waals surface area contributed by atoms with E-state index in [4.69, 9.17) is 9.47 Å². The highest BCUT2D eigenvalue weighted by molar-refractivity contribution is 7.99. The first-order valence-corrected chi connectivity index (χ1v) is 11.0. The minimum Gasteiger partial charge on any atom is -0.477 e. The van der Waals surface area contributed by atoms with Crippen molar-refractivity contribution in [2.45, 2.75) is 31.3 Å². The molecule has 2 amide bonds. The molecule has 1 atom stereocenters. The number of aryl methyl sites for hydroxylation is 2. The van der Waals surface area contributed by atoms with E-state index < -0.39 is 18.0 Å². The second-order valence-electron chi connectivity index (χ2n) is 7.20. The number of ether oxygens (including phenoxy) is 2. The molecule has 1 aliphatic heterocycles. The molecule has 0 aromatic heterocycles. The van der Waals surface area contributed by atoms with Crippen LogP contribution in [0.4, 0.5) is 5.69 Å². The number of fused-ring (bicyclic) bond motifs is 1. The lowest BCUT2D eigenvalue weighted by Gasteiger charge is -2.33. The molecule has 1 aliphatic rings. The molecule has 31 heavy (non-hydrogen) atoms. The number of nitrogens with one attached hydrogen (secondary N) is 1. The molecule has 0 radical (unpaired) electrons. The van der Waals surface area contributed by atoms with Crippen molar-refractivity contribution in [2.75, 3.05) is 30.9 Å². The summed E-state index contributed by atoms with van der Waals surface area (Å²) >= 11 is 1.57. The lowest BCUT2D eigenvalue weighted by molar-refractivity contribution is -0.147. The Kier molecular flexibility index (Phi) is 7.57. The van der Waals surface area contributed by atoms with Crippen LogP contribution in [0.3, 0.4) is 0 Å². The van der Waals surface area contributed by atoms with Crippen LogP contribution in [0.25, 0.3) is 0 Å². The number of carbonyl (C=O) groups is 3. The third-order valence-corrected chi connectivity index (χ3v) is 6.02. The lowest BCUT2D eigenvalue weighted by Crippen LogP contribution is -2.51. The molecular weight excluding hydrogens is 416 g/mol. The number of carbonyl (C=O) groups excluding carboxylic acids is 3. The molecule has 3 rings (SSSR count). The van der Waals surface area contributed by atoms with Gasteiger partial charge in [-0.15, -0.1) is 11.8 Å². The molecule has 0 bridgehead atoms. The van der Waals surface area contributed by atoms with Gasteiger partial charge in [0.2, 0.25) is 0 Å². The van der Waals surface area contributed by atoms with Crippen LogP contribution in [-0.4, -0.2) is 49.8 Å². The molecule has 2 aromatic carbocycles. The Balaban J connectivity index is 1.52. The molecular formula is C23H26N2O5S. The number of para-hydroxylation sites is 2. The van der Waals surface area contributed by atoms with Crippen molar-refractivity contribution in [3.63, 3.8) is 0 Å². The maximum atomic E-state index is 12.7. The van der Waals surface area contributed by atoms with Crippen LogP contribution in [-0.2, 0) is 19.1 Å². The molecule has 0 fully saturated rings. The third-order valence-electron chi connectivity index (χ3n) is 5.02. The monoisotopic (exact) mass is 442 g/mol. The van der Waals surface area contributed by atoms with E-state index in [0.29, 0.717) is 17.2 Å². The average Bonchev–Trinajstić information content (AvgIpc) is 2.78. The van der Waals surface area contributed by atoms with E-state index in [9.17, 15) is 14.4 Å². The zero-order valence-corrected chi connectivity index (χ0v) is 18.7. The summed E-state index contributed by atoms with van der Waals surface area (Å²) in [5.41, 5.74) is 2.98. The van der Waals surface area contributed by atoms with Crippen molar-refractivity contribution >= 4 is 35.2 Å². The van der Waals surface area contributed by atoms with Crippen molar-refractivity contribution < 1.29 is 23.9 Å².